The Kier molecular flexibility index (Phi) is 7.22. The number of nitrogens with zero attached hydrogens (tertiary/aromatic N) is 5. The molecule has 3 aliphatic carbocycles. The van der Waals surface area contributed by atoms with Gasteiger partial charge in [0.25, 0.3) is 11.5 Å². The molecular weight excluding hydrogens is 565 g/mol. The quantitative estimate of drug-likeness (QED) is 0.300. The molecule has 2 N–H and O–H groups in total. The number of pyridine rings is 2. The lowest BCUT2D eigenvalue weighted by Gasteiger charge is -2.34. The molecule has 4 aromatic rings. The molecule has 1 amide bonds. The van der Waals surface area contributed by atoms with Crippen molar-refractivity contribution < 1.29 is 9.18 Å². The second-order valence-corrected chi connectivity index (χ2v) is 12.9. The van der Waals surface area contributed by atoms with Crippen LogP contribution in [0.2, 0.25) is 0 Å². The Labute approximate surface area is 253 Å². The molecule has 4 aliphatic rings. The van der Waals surface area contributed by atoms with E-state index < -0.39 is 11.7 Å². The van der Waals surface area contributed by atoms with Gasteiger partial charge in [-0.2, -0.15) is 0 Å². The summed E-state index contributed by atoms with van der Waals surface area (Å²) in [6, 6.07) is 10.2. The third-order valence-corrected chi connectivity index (χ3v) is 10.2. The van der Waals surface area contributed by atoms with Gasteiger partial charge in [-0.15, -0.1) is 11.3 Å². The Morgan fingerprint density at radius 1 is 0.953 bits per heavy atom. The summed E-state index contributed by atoms with van der Waals surface area (Å²) in [4.78, 5) is 41.2. The van der Waals surface area contributed by atoms with Crippen LogP contribution in [-0.4, -0.2) is 58.6 Å². The maximum absolute atomic E-state index is 14.9. The standard InChI is InChI=1S/C32H34FN7O2S/c1-38-11-13-40(14-12-38)23-8-10-27(34-17-23)35-26-16-22(18-39(2)32(26)42)21-7-9-24(33)25(15-21)36-30(41)31-37-28-19-3-5-20(6-4-19)29(28)43-31/h7-10,15-20H,3-6,11-14H2,1-2H3,(H,34,35)(H,36,41). The minimum absolute atomic E-state index is 0.0724. The summed E-state index contributed by atoms with van der Waals surface area (Å²) in [6.45, 7) is 3.90. The summed E-state index contributed by atoms with van der Waals surface area (Å²) >= 11 is 1.45. The third-order valence-electron chi connectivity index (χ3n) is 8.97. The van der Waals surface area contributed by atoms with Crippen molar-refractivity contribution in [1.82, 2.24) is 19.4 Å². The fourth-order valence-electron chi connectivity index (χ4n) is 6.44. The van der Waals surface area contributed by atoms with Crippen LogP contribution in [0.4, 0.5) is 27.3 Å². The monoisotopic (exact) mass is 599 g/mol. The Bertz CT molecular complexity index is 1710. The van der Waals surface area contributed by atoms with Crippen molar-refractivity contribution in [2.24, 2.45) is 7.05 Å². The summed E-state index contributed by atoms with van der Waals surface area (Å²) in [5.74, 6) is 0.557. The lowest BCUT2D eigenvalue weighted by molar-refractivity contribution is 0.102. The highest BCUT2D eigenvalue weighted by Crippen LogP contribution is 2.51. The molecule has 9 nitrogen and oxygen atoms in total. The number of hydrogen-bond acceptors (Lipinski definition) is 8. The van der Waals surface area contributed by atoms with Gasteiger partial charge >= 0.3 is 0 Å². The Balaban J connectivity index is 1.10. The van der Waals surface area contributed by atoms with Crippen LogP contribution in [0.1, 0.15) is 57.9 Å². The first-order valence-electron chi connectivity index (χ1n) is 14.8. The predicted octanol–water partition coefficient (Wildman–Crippen LogP) is 5.55. The topological polar surface area (TPSA) is 95.4 Å². The molecule has 11 heteroatoms. The number of fused-ring (bicyclic) bond motifs is 2. The van der Waals surface area contributed by atoms with E-state index in [4.69, 9.17) is 0 Å². The van der Waals surface area contributed by atoms with Gasteiger partial charge in [0, 0.05) is 55.8 Å². The number of thiazole rings is 1. The number of likely N-dealkylation sites (N-methyl/N-ethyl adjacent to an activating group) is 1. The number of hydrogen-bond donors (Lipinski definition) is 2. The van der Waals surface area contributed by atoms with Gasteiger partial charge < -0.3 is 25.0 Å². The molecule has 3 aromatic heterocycles. The van der Waals surface area contributed by atoms with Crippen LogP contribution in [0, 0.1) is 5.82 Å². The largest absolute Gasteiger partial charge is 0.368 e. The van der Waals surface area contributed by atoms with Crippen LogP contribution >= 0.6 is 11.3 Å². The smallest absolute Gasteiger partial charge is 0.284 e. The van der Waals surface area contributed by atoms with Crippen LogP contribution in [0.5, 0.6) is 0 Å². The van der Waals surface area contributed by atoms with Crippen molar-refractivity contribution in [3.05, 3.63) is 80.5 Å². The molecule has 8 rings (SSSR count). The van der Waals surface area contributed by atoms with Gasteiger partial charge in [-0.1, -0.05) is 6.07 Å². The molecule has 1 aromatic carbocycles. The normalized spacial score (nSPS) is 19.7. The molecule has 0 atom stereocenters. The van der Waals surface area contributed by atoms with Crippen molar-refractivity contribution >= 4 is 40.1 Å². The van der Waals surface area contributed by atoms with Crippen LogP contribution in [0.25, 0.3) is 11.1 Å². The molecule has 1 aliphatic heterocycles. The Hall–Kier alpha value is -4.09. The maximum atomic E-state index is 14.9. The number of piperazine rings is 1. The van der Waals surface area contributed by atoms with Gasteiger partial charge in [0.15, 0.2) is 5.01 Å². The van der Waals surface area contributed by atoms with E-state index in [9.17, 15) is 14.0 Å². The Morgan fingerprint density at radius 2 is 1.70 bits per heavy atom. The van der Waals surface area contributed by atoms with Gasteiger partial charge in [-0.3, -0.25) is 9.59 Å². The first kappa shape index (κ1) is 27.7. The molecular formula is C32H34FN7O2S. The number of nitrogens with one attached hydrogen (secondary N) is 2. The molecule has 0 unspecified atom stereocenters. The highest BCUT2D eigenvalue weighted by Gasteiger charge is 2.37. The van der Waals surface area contributed by atoms with E-state index in [1.54, 1.807) is 31.4 Å². The average Bonchev–Trinajstić information content (AvgIpc) is 3.50. The summed E-state index contributed by atoms with van der Waals surface area (Å²) in [7, 11) is 3.79. The second kappa shape index (κ2) is 11.2. The van der Waals surface area contributed by atoms with Gasteiger partial charge in [-0.25, -0.2) is 14.4 Å². The maximum Gasteiger partial charge on any atom is 0.284 e. The minimum Gasteiger partial charge on any atom is -0.368 e. The fraction of sp³-hybridized carbons (Fsp3) is 0.375. The van der Waals surface area contributed by atoms with Crippen LogP contribution in [0.15, 0.2) is 53.6 Å². The molecule has 0 radical (unpaired) electrons. The van der Waals surface area contributed by atoms with Gasteiger partial charge in [0.2, 0.25) is 0 Å². The number of halogens is 1. The van der Waals surface area contributed by atoms with E-state index in [0.29, 0.717) is 39.5 Å². The lowest BCUT2D eigenvalue weighted by Crippen LogP contribution is -2.44. The number of aromatic nitrogens is 3. The van der Waals surface area contributed by atoms with E-state index in [2.05, 4.69) is 37.4 Å². The zero-order chi connectivity index (χ0) is 29.7. The minimum atomic E-state index is -0.536. The van der Waals surface area contributed by atoms with Crippen molar-refractivity contribution in [2.75, 3.05) is 48.8 Å². The van der Waals surface area contributed by atoms with Crippen LogP contribution in [0.3, 0.4) is 0 Å². The molecule has 4 heterocycles. The van der Waals surface area contributed by atoms with Crippen molar-refractivity contribution in [3.63, 3.8) is 0 Å². The lowest BCUT2D eigenvalue weighted by atomic mass is 9.73. The van der Waals surface area contributed by atoms with Crippen molar-refractivity contribution in [2.45, 2.75) is 37.5 Å². The number of aryl methyl sites for hydroxylation is 1. The zero-order valence-corrected chi connectivity index (χ0v) is 25.1. The zero-order valence-electron chi connectivity index (χ0n) is 24.3. The molecule has 222 valence electrons. The van der Waals surface area contributed by atoms with E-state index in [1.807, 2.05) is 18.3 Å². The average molecular weight is 600 g/mol. The molecule has 43 heavy (non-hydrogen) atoms. The Morgan fingerprint density at radius 3 is 2.42 bits per heavy atom. The van der Waals surface area contributed by atoms with E-state index in [0.717, 1.165) is 63.2 Å². The van der Waals surface area contributed by atoms with Crippen molar-refractivity contribution in [1.29, 1.82) is 0 Å². The molecule has 2 bridgehead atoms. The summed E-state index contributed by atoms with van der Waals surface area (Å²) in [6.07, 6.45) is 8.10. The van der Waals surface area contributed by atoms with E-state index in [1.165, 1.54) is 26.8 Å². The van der Waals surface area contributed by atoms with E-state index >= 15 is 0 Å². The number of anilines is 4. The van der Waals surface area contributed by atoms with Gasteiger partial charge in [-0.05, 0) is 74.5 Å². The predicted molar refractivity (Wildman–Crippen MR) is 168 cm³/mol. The fourth-order valence-corrected chi connectivity index (χ4v) is 7.66. The summed E-state index contributed by atoms with van der Waals surface area (Å²) in [5.41, 5.74) is 3.67. The summed E-state index contributed by atoms with van der Waals surface area (Å²) < 4.78 is 16.4. The third kappa shape index (κ3) is 5.43. The SMILES string of the molecule is CN1CCN(c2ccc(Nc3cc(-c4ccc(F)c(NC(=O)c5nc6c(s5)C5CCC6CC5)c4)cn(C)c3=O)nc2)CC1. The summed E-state index contributed by atoms with van der Waals surface area (Å²) in [5, 5.41) is 6.28. The molecule has 2 fully saturated rings. The molecule has 0 spiro atoms. The van der Waals surface area contributed by atoms with Gasteiger partial charge in [0.05, 0.1) is 23.3 Å². The second-order valence-electron chi connectivity index (χ2n) is 11.8. The van der Waals surface area contributed by atoms with Crippen molar-refractivity contribution in [3.8, 4) is 11.1 Å². The van der Waals surface area contributed by atoms with Crippen LogP contribution < -0.4 is 21.1 Å². The number of carbonyl (C=O) groups excluding carboxylic acids is 1. The number of amides is 1. The van der Waals surface area contributed by atoms with Crippen LogP contribution in [-0.2, 0) is 7.05 Å². The van der Waals surface area contributed by atoms with Gasteiger partial charge in [0.1, 0.15) is 17.3 Å². The molecule has 1 saturated heterocycles. The first-order chi connectivity index (χ1) is 20.8. The number of carbonyl (C=O) groups is 1. The first-order valence-corrected chi connectivity index (χ1v) is 15.6. The highest BCUT2D eigenvalue weighted by molar-refractivity contribution is 7.14. The highest BCUT2D eigenvalue weighted by atomic mass is 32.1. The molecule has 1 saturated carbocycles. The van der Waals surface area contributed by atoms with E-state index in [-0.39, 0.29) is 11.2 Å². The number of benzene rings is 1. The number of rotatable bonds is 6.